The predicted molar refractivity (Wildman–Crippen MR) is 67.4 cm³/mol. The van der Waals surface area contributed by atoms with E-state index in [-0.39, 0.29) is 11.4 Å². The zero-order chi connectivity index (χ0) is 13.0. The molecule has 2 aromatic rings. The van der Waals surface area contributed by atoms with Gasteiger partial charge in [-0.05, 0) is 31.3 Å². The van der Waals surface area contributed by atoms with Gasteiger partial charge in [-0.2, -0.15) is 0 Å². The maximum atomic E-state index is 12.9. The third kappa shape index (κ3) is 2.62. The molecule has 0 radical (unpaired) electrons. The van der Waals surface area contributed by atoms with Crippen LogP contribution in [0.2, 0.25) is 0 Å². The minimum absolute atomic E-state index is 0.164. The number of nitrogens with one attached hydrogen (secondary N) is 1. The summed E-state index contributed by atoms with van der Waals surface area (Å²) in [6, 6.07) is 7.20. The Kier molecular flexibility index (Phi) is 3.84. The second-order valence-corrected chi connectivity index (χ2v) is 3.86. The Bertz CT molecular complexity index is 578. The molecule has 0 atom stereocenters. The molecular weight excluding hydrogens is 233 g/mol. The van der Waals surface area contributed by atoms with Crippen LogP contribution in [-0.2, 0) is 6.42 Å². The fourth-order valence-corrected chi connectivity index (χ4v) is 1.73. The second-order valence-electron chi connectivity index (χ2n) is 3.86. The Labute approximate surface area is 104 Å². The fourth-order valence-electron chi connectivity index (χ4n) is 1.73. The maximum Gasteiger partial charge on any atom is 0.258 e. The fraction of sp³-hybridized carbons (Fsp3) is 0.231. The molecule has 2 rings (SSSR count). The minimum atomic E-state index is -0.326. The zero-order valence-corrected chi connectivity index (χ0v) is 10.1. The van der Waals surface area contributed by atoms with Crippen LogP contribution < -0.4 is 10.9 Å². The highest BCUT2D eigenvalue weighted by atomic mass is 19.1. The van der Waals surface area contributed by atoms with Gasteiger partial charge in [0, 0.05) is 25.2 Å². The Morgan fingerprint density at radius 1 is 1.28 bits per heavy atom. The number of hydrogen-bond donors (Lipinski definition) is 1. The Morgan fingerprint density at radius 3 is 2.67 bits per heavy atom. The summed E-state index contributed by atoms with van der Waals surface area (Å²) < 4.78 is 14.4. The van der Waals surface area contributed by atoms with Gasteiger partial charge in [-0.25, -0.2) is 9.37 Å². The van der Waals surface area contributed by atoms with Crippen molar-refractivity contribution in [1.29, 1.82) is 0 Å². The highest BCUT2D eigenvalue weighted by Gasteiger charge is 2.07. The number of benzene rings is 1. The molecule has 4 nitrogen and oxygen atoms in total. The van der Waals surface area contributed by atoms with Gasteiger partial charge >= 0.3 is 0 Å². The van der Waals surface area contributed by atoms with Gasteiger partial charge in [0.05, 0.1) is 5.69 Å². The summed E-state index contributed by atoms with van der Waals surface area (Å²) in [6.07, 6.45) is 2.12. The van der Waals surface area contributed by atoms with Crippen molar-refractivity contribution < 1.29 is 4.39 Å². The van der Waals surface area contributed by atoms with Crippen molar-refractivity contribution in [2.45, 2.75) is 6.42 Å². The van der Waals surface area contributed by atoms with Gasteiger partial charge < -0.3 is 5.32 Å². The quantitative estimate of drug-likeness (QED) is 0.881. The van der Waals surface area contributed by atoms with E-state index in [1.165, 1.54) is 29.0 Å². The van der Waals surface area contributed by atoms with Crippen LogP contribution in [0.1, 0.15) is 5.82 Å². The monoisotopic (exact) mass is 247 g/mol. The smallest absolute Gasteiger partial charge is 0.258 e. The van der Waals surface area contributed by atoms with Crippen molar-refractivity contribution in [2.75, 3.05) is 13.6 Å². The van der Waals surface area contributed by atoms with Gasteiger partial charge in [0.2, 0.25) is 0 Å². The minimum Gasteiger partial charge on any atom is -0.319 e. The molecule has 0 saturated heterocycles. The summed E-state index contributed by atoms with van der Waals surface area (Å²) in [5, 5.41) is 3.01. The molecule has 18 heavy (non-hydrogen) atoms. The van der Waals surface area contributed by atoms with Crippen molar-refractivity contribution >= 4 is 0 Å². The second kappa shape index (κ2) is 5.55. The zero-order valence-electron chi connectivity index (χ0n) is 10.1. The van der Waals surface area contributed by atoms with Crippen LogP contribution in [0.5, 0.6) is 0 Å². The standard InChI is InChI=1S/C13H14FN3O/c1-15-8-6-12-16-9-7-13(18)17(12)11-4-2-10(14)3-5-11/h2-5,7,9,15H,6,8H2,1H3. The Balaban J connectivity index is 2.48. The number of halogens is 1. The molecule has 0 saturated carbocycles. The van der Waals surface area contributed by atoms with Crippen molar-refractivity contribution in [3.05, 3.63) is 58.5 Å². The van der Waals surface area contributed by atoms with Gasteiger partial charge in [0.25, 0.3) is 5.56 Å². The molecule has 0 amide bonds. The number of nitrogens with zero attached hydrogens (tertiary/aromatic N) is 2. The first-order chi connectivity index (χ1) is 8.72. The summed E-state index contributed by atoms with van der Waals surface area (Å²) in [7, 11) is 1.84. The molecule has 1 heterocycles. The van der Waals surface area contributed by atoms with Crippen LogP contribution in [-0.4, -0.2) is 23.1 Å². The molecule has 1 aromatic carbocycles. The van der Waals surface area contributed by atoms with Crippen LogP contribution in [0.15, 0.2) is 41.3 Å². The number of rotatable bonds is 4. The molecule has 0 spiro atoms. The van der Waals surface area contributed by atoms with Crippen LogP contribution in [0.4, 0.5) is 4.39 Å². The van der Waals surface area contributed by atoms with E-state index in [9.17, 15) is 9.18 Å². The number of likely N-dealkylation sites (N-methyl/N-ethyl adjacent to an activating group) is 1. The lowest BCUT2D eigenvalue weighted by molar-refractivity contribution is 0.626. The summed E-state index contributed by atoms with van der Waals surface area (Å²) in [5.41, 5.74) is 0.461. The molecular formula is C13H14FN3O. The Hall–Kier alpha value is -2.01. The van der Waals surface area contributed by atoms with Crippen LogP contribution in [0.3, 0.4) is 0 Å². The number of hydrogen-bond acceptors (Lipinski definition) is 3. The van der Waals surface area contributed by atoms with Crippen molar-refractivity contribution in [1.82, 2.24) is 14.9 Å². The number of aromatic nitrogens is 2. The third-order valence-electron chi connectivity index (χ3n) is 2.60. The van der Waals surface area contributed by atoms with E-state index < -0.39 is 0 Å². The average Bonchev–Trinajstić information content (AvgIpc) is 2.38. The van der Waals surface area contributed by atoms with E-state index in [2.05, 4.69) is 10.3 Å². The van der Waals surface area contributed by atoms with Gasteiger partial charge in [-0.1, -0.05) is 0 Å². The average molecular weight is 247 g/mol. The van der Waals surface area contributed by atoms with E-state index in [1.54, 1.807) is 12.1 Å². The first kappa shape index (κ1) is 12.4. The third-order valence-corrected chi connectivity index (χ3v) is 2.60. The normalized spacial score (nSPS) is 10.6. The van der Waals surface area contributed by atoms with Crippen LogP contribution >= 0.6 is 0 Å². The molecule has 0 bridgehead atoms. The van der Waals surface area contributed by atoms with Crippen LogP contribution in [0.25, 0.3) is 5.69 Å². The summed E-state index contributed by atoms with van der Waals surface area (Å²) in [6.45, 7) is 0.720. The lowest BCUT2D eigenvalue weighted by Gasteiger charge is -2.11. The van der Waals surface area contributed by atoms with Crippen molar-refractivity contribution in [2.24, 2.45) is 0 Å². The summed E-state index contributed by atoms with van der Waals surface area (Å²) in [4.78, 5) is 16.1. The van der Waals surface area contributed by atoms with E-state index in [4.69, 9.17) is 0 Å². The van der Waals surface area contributed by atoms with Gasteiger partial charge in [-0.15, -0.1) is 0 Å². The Morgan fingerprint density at radius 2 is 2.00 bits per heavy atom. The lowest BCUT2D eigenvalue weighted by Crippen LogP contribution is -2.24. The molecule has 0 aliphatic carbocycles. The van der Waals surface area contributed by atoms with E-state index in [1.807, 2.05) is 7.05 Å². The van der Waals surface area contributed by atoms with E-state index in [0.717, 1.165) is 6.54 Å². The van der Waals surface area contributed by atoms with Gasteiger partial charge in [0.1, 0.15) is 11.6 Å². The van der Waals surface area contributed by atoms with E-state index in [0.29, 0.717) is 17.9 Å². The first-order valence-electron chi connectivity index (χ1n) is 5.70. The van der Waals surface area contributed by atoms with Crippen molar-refractivity contribution in [3.63, 3.8) is 0 Å². The maximum absolute atomic E-state index is 12.9. The summed E-state index contributed by atoms with van der Waals surface area (Å²) in [5.74, 6) is 0.330. The largest absolute Gasteiger partial charge is 0.319 e. The molecule has 94 valence electrons. The first-order valence-corrected chi connectivity index (χ1v) is 5.70. The van der Waals surface area contributed by atoms with Gasteiger partial charge in [-0.3, -0.25) is 9.36 Å². The molecule has 0 fully saturated rings. The van der Waals surface area contributed by atoms with Crippen molar-refractivity contribution in [3.8, 4) is 5.69 Å². The summed E-state index contributed by atoms with van der Waals surface area (Å²) >= 11 is 0. The predicted octanol–water partition coefficient (Wildman–Crippen LogP) is 1.13. The molecule has 1 N–H and O–H groups in total. The van der Waals surface area contributed by atoms with E-state index >= 15 is 0 Å². The molecule has 0 aliphatic heterocycles. The van der Waals surface area contributed by atoms with Gasteiger partial charge in [0.15, 0.2) is 0 Å². The highest BCUT2D eigenvalue weighted by molar-refractivity contribution is 5.33. The topological polar surface area (TPSA) is 46.9 Å². The molecule has 5 heteroatoms. The lowest BCUT2D eigenvalue weighted by atomic mass is 10.3. The molecule has 0 unspecified atom stereocenters. The van der Waals surface area contributed by atoms with Crippen LogP contribution in [0, 0.1) is 5.82 Å². The molecule has 1 aromatic heterocycles. The SMILES string of the molecule is CNCCc1nccc(=O)n1-c1ccc(F)cc1. The highest BCUT2D eigenvalue weighted by Crippen LogP contribution is 2.08. The molecule has 0 aliphatic rings.